The Morgan fingerprint density at radius 1 is 0.805 bits per heavy atom. The number of carbonyl (C=O) groups is 2. The summed E-state index contributed by atoms with van der Waals surface area (Å²) in [6.07, 6.45) is 13.9. The molecule has 0 unspecified atom stereocenters. The first-order valence-corrected chi connectivity index (χ1v) is 16.2. The van der Waals surface area contributed by atoms with Crippen LogP contribution in [0.15, 0.2) is 24.3 Å². The van der Waals surface area contributed by atoms with Gasteiger partial charge in [0, 0.05) is 48.8 Å². The smallest absolute Gasteiger partial charge is 0.253 e. The van der Waals surface area contributed by atoms with E-state index >= 15 is 0 Å². The van der Waals surface area contributed by atoms with Crippen molar-refractivity contribution in [1.29, 1.82) is 0 Å². The van der Waals surface area contributed by atoms with Crippen LogP contribution in [0.25, 0.3) is 11.3 Å². The van der Waals surface area contributed by atoms with E-state index in [0.717, 1.165) is 65.9 Å². The molecule has 1 saturated heterocycles. The fourth-order valence-corrected chi connectivity index (χ4v) is 7.11. The molecule has 224 valence electrons. The highest BCUT2D eigenvalue weighted by Gasteiger charge is 2.28. The van der Waals surface area contributed by atoms with Crippen molar-refractivity contribution in [2.75, 3.05) is 13.2 Å². The third-order valence-corrected chi connectivity index (χ3v) is 9.64. The molecule has 2 heterocycles. The normalized spacial score (nSPS) is 19.7. The van der Waals surface area contributed by atoms with E-state index in [4.69, 9.17) is 4.74 Å². The highest BCUT2D eigenvalue weighted by atomic mass is 16.5. The number of amides is 2. The minimum absolute atomic E-state index is 0.0116. The zero-order valence-corrected chi connectivity index (χ0v) is 25.8. The molecule has 2 aliphatic carbocycles. The summed E-state index contributed by atoms with van der Waals surface area (Å²) in [7, 11) is 0. The number of benzene rings is 1. The summed E-state index contributed by atoms with van der Waals surface area (Å²) in [5.41, 5.74) is 5.58. The number of hydrogen-bond donors (Lipinski definition) is 2. The zero-order chi connectivity index (χ0) is 29.0. The van der Waals surface area contributed by atoms with Crippen molar-refractivity contribution in [3.63, 3.8) is 0 Å². The molecule has 0 spiro atoms. The van der Waals surface area contributed by atoms with Gasteiger partial charge in [-0.15, -0.1) is 0 Å². The number of ether oxygens (including phenoxy) is 1. The minimum Gasteiger partial charge on any atom is -0.381 e. The van der Waals surface area contributed by atoms with Crippen LogP contribution >= 0.6 is 0 Å². The molecule has 1 aromatic heterocycles. The second kappa shape index (κ2) is 13.1. The van der Waals surface area contributed by atoms with Crippen LogP contribution in [0, 0.1) is 12.8 Å². The van der Waals surface area contributed by atoms with Gasteiger partial charge in [0.1, 0.15) is 0 Å². The Morgan fingerprint density at radius 2 is 1.39 bits per heavy atom. The van der Waals surface area contributed by atoms with Gasteiger partial charge >= 0.3 is 0 Å². The van der Waals surface area contributed by atoms with Gasteiger partial charge in [-0.1, -0.05) is 65.4 Å². The van der Waals surface area contributed by atoms with Crippen molar-refractivity contribution in [3.8, 4) is 11.3 Å². The second-order valence-corrected chi connectivity index (χ2v) is 13.8. The molecule has 1 aliphatic heterocycles. The number of nitrogens with one attached hydrogen (secondary N) is 2. The zero-order valence-electron chi connectivity index (χ0n) is 25.8. The average Bonchev–Trinajstić information content (AvgIpc) is 3.29. The third-order valence-electron chi connectivity index (χ3n) is 9.64. The van der Waals surface area contributed by atoms with E-state index in [2.05, 4.69) is 61.1 Å². The standard InChI is InChI=1S/C35H51N3O3/c1-24-30(34(40)37-28-17-19-41-20-18-28)22-32(38(24)23-25-11-7-5-8-12-25)26-15-16-29(31(21-26)35(2,3)4)33(39)36-27-13-9-6-10-14-27/h15-16,21-22,25,27-28H,5-14,17-20,23H2,1-4H3,(H,36,39)(H,37,40). The van der Waals surface area contributed by atoms with Gasteiger partial charge in [0.25, 0.3) is 11.8 Å². The Hall–Kier alpha value is -2.60. The van der Waals surface area contributed by atoms with Crippen LogP contribution in [-0.2, 0) is 16.7 Å². The first-order valence-electron chi connectivity index (χ1n) is 16.2. The van der Waals surface area contributed by atoms with Crippen LogP contribution < -0.4 is 10.6 Å². The quantitative estimate of drug-likeness (QED) is 0.372. The monoisotopic (exact) mass is 561 g/mol. The average molecular weight is 562 g/mol. The highest BCUT2D eigenvalue weighted by Crippen LogP contribution is 2.35. The molecule has 0 atom stereocenters. The van der Waals surface area contributed by atoms with Crippen molar-refractivity contribution in [3.05, 3.63) is 46.6 Å². The number of hydrogen-bond acceptors (Lipinski definition) is 3. The highest BCUT2D eigenvalue weighted by molar-refractivity contribution is 5.98. The number of aromatic nitrogens is 1. The summed E-state index contributed by atoms with van der Waals surface area (Å²) in [6, 6.07) is 8.85. The lowest BCUT2D eigenvalue weighted by Gasteiger charge is -2.27. The first-order chi connectivity index (χ1) is 19.7. The largest absolute Gasteiger partial charge is 0.381 e. The first kappa shape index (κ1) is 29.9. The summed E-state index contributed by atoms with van der Waals surface area (Å²) in [5, 5.41) is 6.62. The maximum absolute atomic E-state index is 13.6. The third kappa shape index (κ3) is 7.25. The summed E-state index contributed by atoms with van der Waals surface area (Å²) in [5.74, 6) is 0.680. The molecule has 6 heteroatoms. The van der Waals surface area contributed by atoms with Crippen LogP contribution in [-0.4, -0.2) is 41.7 Å². The number of rotatable bonds is 7. The molecule has 3 aliphatic rings. The Labute approximate surface area is 247 Å². The van der Waals surface area contributed by atoms with E-state index in [1.165, 1.54) is 51.4 Å². The molecule has 2 amide bonds. The van der Waals surface area contributed by atoms with E-state index in [1.54, 1.807) is 0 Å². The SMILES string of the molecule is Cc1c(C(=O)NC2CCOCC2)cc(-c2ccc(C(=O)NC3CCCCC3)c(C(C)(C)C)c2)n1CC1CCCCC1. The Bertz CT molecular complexity index is 1210. The predicted molar refractivity (Wildman–Crippen MR) is 166 cm³/mol. The molecule has 5 rings (SSSR count). The molecule has 2 saturated carbocycles. The lowest BCUT2D eigenvalue weighted by Crippen LogP contribution is -2.39. The Morgan fingerprint density at radius 3 is 2.02 bits per heavy atom. The van der Waals surface area contributed by atoms with Gasteiger partial charge in [0.05, 0.1) is 5.56 Å². The van der Waals surface area contributed by atoms with Crippen LogP contribution in [0.2, 0.25) is 0 Å². The summed E-state index contributed by atoms with van der Waals surface area (Å²) in [4.78, 5) is 27.1. The summed E-state index contributed by atoms with van der Waals surface area (Å²) in [6.45, 7) is 11.0. The Balaban J connectivity index is 1.49. The molecule has 3 fully saturated rings. The van der Waals surface area contributed by atoms with Gasteiger partial charge in [-0.2, -0.15) is 0 Å². The fraction of sp³-hybridized carbons (Fsp3) is 0.657. The van der Waals surface area contributed by atoms with Crippen LogP contribution in [0.1, 0.15) is 130 Å². The van der Waals surface area contributed by atoms with Gasteiger partial charge in [-0.05, 0) is 86.1 Å². The number of carbonyl (C=O) groups excluding carboxylic acids is 2. The van der Waals surface area contributed by atoms with Gasteiger partial charge in [-0.25, -0.2) is 0 Å². The summed E-state index contributed by atoms with van der Waals surface area (Å²) < 4.78 is 7.89. The van der Waals surface area contributed by atoms with Crippen LogP contribution in [0.5, 0.6) is 0 Å². The topological polar surface area (TPSA) is 72.4 Å². The van der Waals surface area contributed by atoms with E-state index in [9.17, 15) is 9.59 Å². The van der Waals surface area contributed by atoms with E-state index in [-0.39, 0.29) is 29.3 Å². The molecular weight excluding hydrogens is 510 g/mol. The van der Waals surface area contributed by atoms with Gasteiger partial charge in [-0.3, -0.25) is 9.59 Å². The molecule has 1 aromatic carbocycles. The maximum atomic E-state index is 13.6. The molecule has 41 heavy (non-hydrogen) atoms. The van der Waals surface area contributed by atoms with Crippen molar-refractivity contribution < 1.29 is 14.3 Å². The molecule has 2 aromatic rings. The maximum Gasteiger partial charge on any atom is 0.253 e. The van der Waals surface area contributed by atoms with Crippen LogP contribution in [0.3, 0.4) is 0 Å². The van der Waals surface area contributed by atoms with E-state index < -0.39 is 0 Å². The van der Waals surface area contributed by atoms with Crippen molar-refractivity contribution in [2.45, 2.75) is 129 Å². The lowest BCUT2D eigenvalue weighted by molar-refractivity contribution is 0.0696. The van der Waals surface area contributed by atoms with Crippen LogP contribution in [0.4, 0.5) is 0 Å². The minimum atomic E-state index is -0.200. The molecule has 6 nitrogen and oxygen atoms in total. The molecule has 2 N–H and O–H groups in total. The second-order valence-electron chi connectivity index (χ2n) is 13.8. The molecule has 0 radical (unpaired) electrons. The fourth-order valence-electron chi connectivity index (χ4n) is 7.11. The Kier molecular flexibility index (Phi) is 9.58. The van der Waals surface area contributed by atoms with Crippen molar-refractivity contribution in [2.24, 2.45) is 5.92 Å². The van der Waals surface area contributed by atoms with Gasteiger partial charge < -0.3 is 19.9 Å². The van der Waals surface area contributed by atoms with E-state index in [1.807, 2.05) is 6.07 Å². The lowest BCUT2D eigenvalue weighted by atomic mass is 9.82. The van der Waals surface area contributed by atoms with Crippen molar-refractivity contribution in [1.82, 2.24) is 15.2 Å². The number of nitrogens with zero attached hydrogens (tertiary/aromatic N) is 1. The van der Waals surface area contributed by atoms with Gasteiger partial charge in [0.2, 0.25) is 0 Å². The summed E-state index contributed by atoms with van der Waals surface area (Å²) >= 11 is 0. The van der Waals surface area contributed by atoms with Crippen molar-refractivity contribution >= 4 is 11.8 Å². The van der Waals surface area contributed by atoms with E-state index in [0.29, 0.717) is 19.1 Å². The van der Waals surface area contributed by atoms with Gasteiger partial charge in [0.15, 0.2) is 0 Å². The molecular formula is C35H51N3O3. The molecule has 0 bridgehead atoms. The predicted octanol–water partition coefficient (Wildman–Crippen LogP) is 7.31.